The van der Waals surface area contributed by atoms with E-state index in [1.807, 2.05) is 32.0 Å². The van der Waals surface area contributed by atoms with Crippen LogP contribution in [0.4, 0.5) is 0 Å². The lowest BCUT2D eigenvalue weighted by atomic mass is 10.1. The molecule has 0 fully saturated rings. The average Bonchev–Trinajstić information content (AvgIpc) is 1.85. The van der Waals surface area contributed by atoms with Crippen LogP contribution in [0, 0.1) is 13.8 Å². The SMILES string of the molecule is Cc1cc(C)cc(OP=O)c1. The molecule has 3 heteroatoms. The zero-order chi connectivity index (χ0) is 8.27. The smallest absolute Gasteiger partial charge is 0.395 e. The lowest BCUT2D eigenvalue weighted by molar-refractivity contribution is 0.525. The lowest BCUT2D eigenvalue weighted by Gasteiger charge is -1.99. The maximum Gasteiger partial charge on any atom is 0.395 e. The Balaban J connectivity index is 2.98. The second-order valence-electron chi connectivity index (χ2n) is 2.49. The van der Waals surface area contributed by atoms with Crippen LogP contribution in [0.15, 0.2) is 18.2 Å². The Kier molecular flexibility index (Phi) is 2.61. The molecule has 0 aliphatic rings. The van der Waals surface area contributed by atoms with E-state index in [1.165, 1.54) is 0 Å². The molecule has 0 heterocycles. The van der Waals surface area contributed by atoms with E-state index in [-0.39, 0.29) is 8.69 Å². The predicted molar refractivity (Wildman–Crippen MR) is 44.2 cm³/mol. The van der Waals surface area contributed by atoms with Crippen LogP contribution in [0.3, 0.4) is 0 Å². The summed E-state index contributed by atoms with van der Waals surface area (Å²) in [5.41, 5.74) is 2.23. The molecule has 2 nitrogen and oxygen atoms in total. The van der Waals surface area contributed by atoms with Gasteiger partial charge in [-0.15, -0.1) is 0 Å². The molecule has 1 aromatic carbocycles. The summed E-state index contributed by atoms with van der Waals surface area (Å²) in [5.74, 6) is 0.652. The van der Waals surface area contributed by atoms with Crippen LogP contribution in [0.2, 0.25) is 0 Å². The van der Waals surface area contributed by atoms with Crippen molar-refractivity contribution in [1.82, 2.24) is 0 Å². The topological polar surface area (TPSA) is 26.3 Å². The van der Waals surface area contributed by atoms with E-state index >= 15 is 0 Å². The zero-order valence-corrected chi connectivity index (χ0v) is 7.39. The van der Waals surface area contributed by atoms with Crippen molar-refractivity contribution in [2.45, 2.75) is 13.8 Å². The molecule has 0 spiro atoms. The molecule has 0 bridgehead atoms. The fourth-order valence-corrected chi connectivity index (χ4v) is 1.22. The summed E-state index contributed by atoms with van der Waals surface area (Å²) in [6, 6.07) is 5.73. The molecule has 0 saturated heterocycles. The summed E-state index contributed by atoms with van der Waals surface area (Å²) in [6.07, 6.45) is 0. The third-order valence-electron chi connectivity index (χ3n) is 1.34. The van der Waals surface area contributed by atoms with Gasteiger partial charge in [0.2, 0.25) is 0 Å². The molecular formula is C8H9O2P. The first kappa shape index (κ1) is 8.22. The average molecular weight is 168 g/mol. The van der Waals surface area contributed by atoms with E-state index in [9.17, 15) is 4.57 Å². The van der Waals surface area contributed by atoms with Crippen molar-refractivity contribution in [3.05, 3.63) is 29.3 Å². The Bertz CT molecular complexity index is 251. The molecule has 11 heavy (non-hydrogen) atoms. The molecule has 0 atom stereocenters. The lowest BCUT2D eigenvalue weighted by Crippen LogP contribution is -1.80. The molecule has 1 aromatic rings. The van der Waals surface area contributed by atoms with Crippen LogP contribution >= 0.6 is 8.69 Å². The molecule has 0 aliphatic carbocycles. The van der Waals surface area contributed by atoms with Crippen LogP contribution in [0.1, 0.15) is 11.1 Å². The molecule has 0 saturated carbocycles. The van der Waals surface area contributed by atoms with Crippen LogP contribution in [-0.2, 0) is 4.57 Å². The van der Waals surface area contributed by atoms with Gasteiger partial charge in [0.25, 0.3) is 0 Å². The van der Waals surface area contributed by atoms with Crippen LogP contribution in [0.25, 0.3) is 0 Å². The van der Waals surface area contributed by atoms with Crippen molar-refractivity contribution in [3.63, 3.8) is 0 Å². The van der Waals surface area contributed by atoms with Gasteiger partial charge in [-0.25, -0.2) is 4.57 Å². The summed E-state index contributed by atoms with van der Waals surface area (Å²) in [6.45, 7) is 3.95. The highest BCUT2D eigenvalue weighted by Gasteiger charge is 1.95. The second kappa shape index (κ2) is 3.49. The summed E-state index contributed by atoms with van der Waals surface area (Å²) in [5, 5.41) is 0. The Morgan fingerprint density at radius 3 is 2.18 bits per heavy atom. The number of hydrogen-bond acceptors (Lipinski definition) is 2. The molecule has 0 radical (unpaired) electrons. The van der Waals surface area contributed by atoms with Crippen molar-refractivity contribution in [2.75, 3.05) is 0 Å². The van der Waals surface area contributed by atoms with Crippen molar-refractivity contribution in [2.24, 2.45) is 0 Å². The van der Waals surface area contributed by atoms with Crippen LogP contribution in [0.5, 0.6) is 5.75 Å². The first-order chi connectivity index (χ1) is 5.22. The Hall–Kier alpha value is -0.880. The van der Waals surface area contributed by atoms with E-state index < -0.39 is 0 Å². The van der Waals surface area contributed by atoms with E-state index in [1.54, 1.807) is 0 Å². The van der Waals surface area contributed by atoms with E-state index in [2.05, 4.69) is 0 Å². The quantitative estimate of drug-likeness (QED) is 0.634. The third kappa shape index (κ3) is 2.32. The van der Waals surface area contributed by atoms with Gasteiger partial charge in [0, 0.05) is 0 Å². The molecule has 0 aromatic heterocycles. The highest BCUT2D eigenvalue weighted by atomic mass is 31.1. The second-order valence-corrected chi connectivity index (χ2v) is 2.82. The maximum absolute atomic E-state index is 10.1. The highest BCUT2D eigenvalue weighted by molar-refractivity contribution is 7.17. The fourth-order valence-electron chi connectivity index (χ4n) is 1.03. The fraction of sp³-hybridized carbons (Fsp3) is 0.250. The number of aryl methyl sites for hydroxylation is 2. The van der Waals surface area contributed by atoms with E-state index in [0.717, 1.165) is 11.1 Å². The normalized spacial score (nSPS) is 10.0. The van der Waals surface area contributed by atoms with Crippen molar-refractivity contribution in [3.8, 4) is 5.75 Å². The van der Waals surface area contributed by atoms with Gasteiger partial charge in [-0.2, -0.15) is 0 Å². The number of benzene rings is 1. The highest BCUT2D eigenvalue weighted by Crippen LogP contribution is 2.18. The summed E-state index contributed by atoms with van der Waals surface area (Å²) in [4.78, 5) is 0. The van der Waals surface area contributed by atoms with Crippen molar-refractivity contribution < 1.29 is 9.09 Å². The minimum atomic E-state index is -0.300. The minimum absolute atomic E-state index is 0.300. The maximum atomic E-state index is 10.1. The largest absolute Gasteiger partial charge is 0.408 e. The Labute approximate surface area is 67.5 Å². The summed E-state index contributed by atoms with van der Waals surface area (Å²) in [7, 11) is -0.300. The van der Waals surface area contributed by atoms with Crippen molar-refractivity contribution >= 4 is 8.69 Å². The first-order valence-corrected chi connectivity index (χ1v) is 4.03. The predicted octanol–water partition coefficient (Wildman–Crippen LogP) is 2.89. The zero-order valence-electron chi connectivity index (χ0n) is 6.50. The monoisotopic (exact) mass is 168 g/mol. The van der Waals surface area contributed by atoms with Gasteiger partial charge < -0.3 is 4.52 Å². The van der Waals surface area contributed by atoms with Gasteiger partial charge in [-0.05, 0) is 37.1 Å². The van der Waals surface area contributed by atoms with Gasteiger partial charge in [-0.1, -0.05) is 6.07 Å². The third-order valence-corrected chi connectivity index (χ3v) is 1.62. The molecule has 0 aliphatic heterocycles. The molecule has 0 amide bonds. The van der Waals surface area contributed by atoms with E-state index in [4.69, 9.17) is 4.52 Å². The Morgan fingerprint density at radius 2 is 1.73 bits per heavy atom. The van der Waals surface area contributed by atoms with Gasteiger partial charge in [-0.3, -0.25) is 0 Å². The van der Waals surface area contributed by atoms with E-state index in [0.29, 0.717) is 5.75 Å². The minimum Gasteiger partial charge on any atom is -0.408 e. The molecule has 58 valence electrons. The molecular weight excluding hydrogens is 159 g/mol. The first-order valence-electron chi connectivity index (χ1n) is 3.30. The molecule has 1 rings (SSSR count). The van der Waals surface area contributed by atoms with Gasteiger partial charge >= 0.3 is 8.69 Å². The van der Waals surface area contributed by atoms with Gasteiger partial charge in [0.15, 0.2) is 0 Å². The number of hydrogen-bond donors (Lipinski definition) is 0. The number of rotatable bonds is 2. The van der Waals surface area contributed by atoms with Gasteiger partial charge in [0.1, 0.15) is 5.75 Å². The van der Waals surface area contributed by atoms with Gasteiger partial charge in [0.05, 0.1) is 0 Å². The summed E-state index contributed by atoms with van der Waals surface area (Å²) < 4.78 is 14.9. The van der Waals surface area contributed by atoms with Crippen LogP contribution in [-0.4, -0.2) is 0 Å². The molecule has 0 unspecified atom stereocenters. The molecule has 0 N–H and O–H groups in total. The van der Waals surface area contributed by atoms with Crippen molar-refractivity contribution in [1.29, 1.82) is 0 Å². The van der Waals surface area contributed by atoms with Crippen LogP contribution < -0.4 is 4.52 Å². The standard InChI is InChI=1S/C8H9O2P/c1-6-3-7(2)5-8(4-6)10-11-9/h3-5H,1-2H3. The summed E-state index contributed by atoms with van der Waals surface area (Å²) >= 11 is 0. The Morgan fingerprint density at radius 1 is 1.18 bits per heavy atom.